The summed E-state index contributed by atoms with van der Waals surface area (Å²) in [6.07, 6.45) is 8.19. The summed E-state index contributed by atoms with van der Waals surface area (Å²) >= 11 is 0. The molecule has 0 spiro atoms. The average molecular weight is 263 g/mol. The van der Waals surface area contributed by atoms with Crippen LogP contribution in [0.2, 0.25) is 0 Å². The first-order chi connectivity index (χ1) is 8.84. The Morgan fingerprint density at radius 3 is 2.37 bits per heavy atom. The van der Waals surface area contributed by atoms with E-state index in [9.17, 15) is 0 Å². The summed E-state index contributed by atoms with van der Waals surface area (Å²) in [5.41, 5.74) is 1.37. The summed E-state index contributed by atoms with van der Waals surface area (Å²) in [5.74, 6) is 1.72. The van der Waals surface area contributed by atoms with Crippen molar-refractivity contribution in [3.63, 3.8) is 0 Å². The highest BCUT2D eigenvalue weighted by Gasteiger charge is 2.23. The third-order valence-electron chi connectivity index (χ3n) is 4.10. The van der Waals surface area contributed by atoms with E-state index in [0.29, 0.717) is 6.04 Å². The van der Waals surface area contributed by atoms with Gasteiger partial charge in [0.25, 0.3) is 0 Å². The van der Waals surface area contributed by atoms with Gasteiger partial charge in [-0.05, 0) is 51.9 Å². The normalized spacial score (nSPS) is 28.6. The first-order valence-electron chi connectivity index (χ1n) is 7.62. The Kier molecular flexibility index (Phi) is 4.34. The highest BCUT2D eigenvalue weighted by molar-refractivity contribution is 5.05. The Morgan fingerprint density at radius 2 is 1.84 bits per heavy atom. The zero-order valence-electron chi connectivity index (χ0n) is 13.1. The zero-order chi connectivity index (χ0) is 14.0. The average Bonchev–Trinajstić information content (AvgIpc) is 2.73. The van der Waals surface area contributed by atoms with Crippen molar-refractivity contribution >= 4 is 0 Å². The molecule has 1 aliphatic rings. The van der Waals surface area contributed by atoms with Gasteiger partial charge in [0, 0.05) is 24.3 Å². The maximum Gasteiger partial charge on any atom is 0.0543 e. The van der Waals surface area contributed by atoms with Gasteiger partial charge in [-0.25, -0.2) is 0 Å². The minimum atomic E-state index is 0.0755. The Balaban J connectivity index is 1.87. The van der Waals surface area contributed by atoms with E-state index in [1.165, 1.54) is 24.8 Å². The Labute approximate surface area is 117 Å². The fraction of sp³-hybridized carbons (Fsp3) is 0.812. The summed E-state index contributed by atoms with van der Waals surface area (Å²) in [6, 6.07) is 0.678. The third kappa shape index (κ3) is 4.07. The van der Waals surface area contributed by atoms with Crippen LogP contribution in [0.4, 0.5) is 0 Å². The molecule has 1 aliphatic carbocycles. The topological polar surface area (TPSA) is 29.9 Å². The van der Waals surface area contributed by atoms with Crippen LogP contribution in [0, 0.1) is 11.8 Å². The molecule has 1 N–H and O–H groups in total. The molecule has 0 aromatic carbocycles. The summed E-state index contributed by atoms with van der Waals surface area (Å²) < 4.78 is 2.05. The molecule has 1 aromatic rings. The van der Waals surface area contributed by atoms with E-state index >= 15 is 0 Å². The SMILES string of the molecule is CC1CC(C)CC(NCc2cnn(C(C)(C)C)c2)C1. The molecule has 3 heteroatoms. The molecule has 3 nitrogen and oxygen atoms in total. The van der Waals surface area contributed by atoms with Crippen molar-refractivity contribution in [2.45, 2.75) is 72.0 Å². The number of rotatable bonds is 3. The van der Waals surface area contributed by atoms with Crippen LogP contribution in [0.15, 0.2) is 12.4 Å². The van der Waals surface area contributed by atoms with Crippen molar-refractivity contribution in [3.05, 3.63) is 18.0 Å². The van der Waals surface area contributed by atoms with Crippen LogP contribution in [0.5, 0.6) is 0 Å². The first-order valence-corrected chi connectivity index (χ1v) is 7.62. The second-order valence-corrected chi connectivity index (χ2v) is 7.46. The molecule has 1 saturated carbocycles. The van der Waals surface area contributed by atoms with Crippen LogP contribution in [-0.4, -0.2) is 15.8 Å². The molecule has 2 unspecified atom stereocenters. The zero-order valence-corrected chi connectivity index (χ0v) is 13.1. The highest BCUT2D eigenvalue weighted by atomic mass is 15.3. The van der Waals surface area contributed by atoms with E-state index in [-0.39, 0.29) is 5.54 Å². The Bertz CT molecular complexity index is 392. The molecule has 1 aromatic heterocycles. The predicted molar refractivity (Wildman–Crippen MR) is 80.0 cm³/mol. The van der Waals surface area contributed by atoms with Gasteiger partial charge in [-0.3, -0.25) is 4.68 Å². The lowest BCUT2D eigenvalue weighted by Gasteiger charge is -2.32. The fourth-order valence-corrected chi connectivity index (χ4v) is 3.19. The van der Waals surface area contributed by atoms with E-state index in [1.807, 2.05) is 6.20 Å². The van der Waals surface area contributed by atoms with Gasteiger partial charge < -0.3 is 5.32 Å². The standard InChI is InChI=1S/C16H29N3/c1-12-6-13(2)8-15(7-12)17-9-14-10-18-19(11-14)16(3,4)5/h10-13,15,17H,6-9H2,1-5H3. The monoisotopic (exact) mass is 263 g/mol. The van der Waals surface area contributed by atoms with Crippen LogP contribution in [0.1, 0.15) is 59.4 Å². The molecule has 0 bridgehead atoms. The second-order valence-electron chi connectivity index (χ2n) is 7.46. The van der Waals surface area contributed by atoms with Crippen LogP contribution in [0.3, 0.4) is 0 Å². The van der Waals surface area contributed by atoms with E-state index in [4.69, 9.17) is 0 Å². The van der Waals surface area contributed by atoms with Gasteiger partial charge in [0.1, 0.15) is 0 Å². The lowest BCUT2D eigenvalue weighted by molar-refractivity contribution is 0.238. The van der Waals surface area contributed by atoms with E-state index in [2.05, 4.69) is 55.9 Å². The van der Waals surface area contributed by atoms with Gasteiger partial charge in [-0.1, -0.05) is 13.8 Å². The number of nitrogens with one attached hydrogen (secondary N) is 1. The summed E-state index contributed by atoms with van der Waals surface area (Å²) in [5, 5.41) is 8.17. The van der Waals surface area contributed by atoms with Gasteiger partial charge in [0.15, 0.2) is 0 Å². The number of nitrogens with zero attached hydrogens (tertiary/aromatic N) is 2. The van der Waals surface area contributed by atoms with Crippen LogP contribution < -0.4 is 5.32 Å². The maximum atomic E-state index is 4.46. The molecule has 2 rings (SSSR count). The van der Waals surface area contributed by atoms with Crippen molar-refractivity contribution in [3.8, 4) is 0 Å². The number of hydrogen-bond acceptors (Lipinski definition) is 2. The molecular weight excluding hydrogens is 234 g/mol. The van der Waals surface area contributed by atoms with Gasteiger partial charge in [0.2, 0.25) is 0 Å². The number of aromatic nitrogens is 2. The van der Waals surface area contributed by atoms with Crippen LogP contribution in [-0.2, 0) is 12.1 Å². The largest absolute Gasteiger partial charge is 0.310 e. The molecule has 108 valence electrons. The fourth-order valence-electron chi connectivity index (χ4n) is 3.19. The minimum absolute atomic E-state index is 0.0755. The summed E-state index contributed by atoms with van der Waals surface area (Å²) in [4.78, 5) is 0. The predicted octanol–water partition coefficient (Wildman–Crippen LogP) is 3.55. The molecule has 0 amide bonds. The Morgan fingerprint density at radius 1 is 1.21 bits per heavy atom. The van der Waals surface area contributed by atoms with E-state index in [1.54, 1.807) is 0 Å². The van der Waals surface area contributed by atoms with Crippen LogP contribution in [0.25, 0.3) is 0 Å². The quantitative estimate of drug-likeness (QED) is 0.904. The number of hydrogen-bond donors (Lipinski definition) is 1. The summed E-state index contributed by atoms with van der Waals surface area (Å²) in [7, 11) is 0. The summed E-state index contributed by atoms with van der Waals surface area (Å²) in [6.45, 7) is 12.2. The maximum absolute atomic E-state index is 4.46. The van der Waals surface area contributed by atoms with Gasteiger partial charge in [-0.15, -0.1) is 0 Å². The molecule has 2 atom stereocenters. The molecule has 1 heterocycles. The van der Waals surface area contributed by atoms with Gasteiger partial charge in [0.05, 0.1) is 11.7 Å². The smallest absolute Gasteiger partial charge is 0.0543 e. The van der Waals surface area contributed by atoms with Crippen molar-refractivity contribution < 1.29 is 0 Å². The van der Waals surface area contributed by atoms with Crippen molar-refractivity contribution in [1.29, 1.82) is 0 Å². The van der Waals surface area contributed by atoms with Gasteiger partial charge in [-0.2, -0.15) is 5.10 Å². The van der Waals surface area contributed by atoms with E-state index in [0.717, 1.165) is 18.4 Å². The van der Waals surface area contributed by atoms with Gasteiger partial charge >= 0.3 is 0 Å². The lowest BCUT2D eigenvalue weighted by Crippen LogP contribution is -2.35. The van der Waals surface area contributed by atoms with Crippen molar-refractivity contribution in [2.75, 3.05) is 0 Å². The molecule has 19 heavy (non-hydrogen) atoms. The van der Waals surface area contributed by atoms with Crippen molar-refractivity contribution in [2.24, 2.45) is 11.8 Å². The Hall–Kier alpha value is -0.830. The molecule has 1 fully saturated rings. The second kappa shape index (κ2) is 5.66. The first kappa shape index (κ1) is 14.6. The molecular formula is C16H29N3. The minimum Gasteiger partial charge on any atom is -0.310 e. The van der Waals surface area contributed by atoms with Crippen molar-refractivity contribution in [1.82, 2.24) is 15.1 Å². The molecule has 0 radical (unpaired) electrons. The lowest BCUT2D eigenvalue weighted by atomic mass is 9.80. The third-order valence-corrected chi connectivity index (χ3v) is 4.10. The molecule has 0 aliphatic heterocycles. The molecule has 0 saturated heterocycles. The van der Waals surface area contributed by atoms with E-state index < -0.39 is 0 Å². The van der Waals surface area contributed by atoms with Crippen LogP contribution >= 0.6 is 0 Å². The highest BCUT2D eigenvalue weighted by Crippen LogP contribution is 2.28.